The van der Waals surface area contributed by atoms with Crippen LogP contribution < -0.4 is 4.90 Å². The molecule has 1 heterocycles. The third-order valence-electron chi connectivity index (χ3n) is 3.40. The molecule has 0 radical (unpaired) electrons. The summed E-state index contributed by atoms with van der Waals surface area (Å²) in [5, 5.41) is 0.476. The van der Waals surface area contributed by atoms with E-state index in [9.17, 15) is 4.39 Å². The summed E-state index contributed by atoms with van der Waals surface area (Å²) in [6, 6.07) is 2.83. The van der Waals surface area contributed by atoms with E-state index in [1.165, 1.54) is 12.1 Å². The zero-order valence-electron chi connectivity index (χ0n) is 10.2. The van der Waals surface area contributed by atoms with Crippen molar-refractivity contribution in [2.75, 3.05) is 18.0 Å². The highest BCUT2D eigenvalue weighted by molar-refractivity contribution is 9.10. The minimum absolute atomic E-state index is 0.307. The largest absolute Gasteiger partial charge is 0.369 e. The fourth-order valence-electron chi connectivity index (χ4n) is 2.05. The maximum atomic E-state index is 13.1. The molecule has 1 aromatic rings. The normalized spacial score (nSPS) is 17.2. The van der Waals surface area contributed by atoms with Crippen molar-refractivity contribution in [1.82, 2.24) is 0 Å². The van der Waals surface area contributed by atoms with Gasteiger partial charge in [0, 0.05) is 17.6 Å². The Balaban J connectivity index is 2.17. The minimum Gasteiger partial charge on any atom is -0.369 e. The van der Waals surface area contributed by atoms with Crippen molar-refractivity contribution in [2.24, 2.45) is 11.3 Å². The molecule has 0 spiro atoms. The average Bonchev–Trinajstić information content (AvgIpc) is 2.04. The van der Waals surface area contributed by atoms with Gasteiger partial charge in [0.2, 0.25) is 0 Å². The molecule has 1 fully saturated rings. The Bertz CT molecular complexity index is 413. The maximum absolute atomic E-state index is 13.1. The number of nitrogens with zero attached hydrogens (tertiary/aromatic N) is 1. The predicted octanol–water partition coefficient (Wildman–Crippen LogP) is 4.72. The van der Waals surface area contributed by atoms with Gasteiger partial charge in [-0.25, -0.2) is 4.39 Å². The Hall–Kier alpha value is -0.280. The molecule has 4 heteroatoms. The first-order valence-corrected chi connectivity index (χ1v) is 6.85. The zero-order chi connectivity index (χ0) is 12.8. The van der Waals surface area contributed by atoms with Crippen LogP contribution in [0.4, 0.5) is 10.1 Å². The van der Waals surface area contributed by atoms with Crippen LogP contribution in [0.1, 0.15) is 20.8 Å². The second-order valence-corrected chi connectivity index (χ2v) is 6.95. The van der Waals surface area contributed by atoms with Gasteiger partial charge in [-0.15, -0.1) is 0 Å². The molecule has 1 aliphatic heterocycles. The van der Waals surface area contributed by atoms with Crippen molar-refractivity contribution in [3.8, 4) is 0 Å². The van der Waals surface area contributed by atoms with E-state index < -0.39 is 0 Å². The van der Waals surface area contributed by atoms with Crippen LogP contribution in [-0.4, -0.2) is 13.1 Å². The van der Waals surface area contributed by atoms with Crippen LogP contribution in [0.2, 0.25) is 5.02 Å². The molecule has 0 N–H and O–H groups in total. The summed E-state index contributed by atoms with van der Waals surface area (Å²) in [6.07, 6.45) is 0. The molecule has 94 valence electrons. The Morgan fingerprint density at radius 1 is 1.35 bits per heavy atom. The number of rotatable bonds is 1. The third-order valence-corrected chi connectivity index (χ3v) is 4.30. The third kappa shape index (κ3) is 2.60. The molecule has 0 aliphatic carbocycles. The fourth-order valence-corrected chi connectivity index (χ4v) is 3.17. The molecule has 1 saturated heterocycles. The first kappa shape index (κ1) is 13.2. The van der Waals surface area contributed by atoms with Crippen LogP contribution in [-0.2, 0) is 0 Å². The van der Waals surface area contributed by atoms with Crippen LogP contribution in [0.3, 0.4) is 0 Å². The summed E-state index contributed by atoms with van der Waals surface area (Å²) < 4.78 is 13.9. The highest BCUT2D eigenvalue weighted by Crippen LogP contribution is 2.42. The molecule has 0 bridgehead atoms. The van der Waals surface area contributed by atoms with Gasteiger partial charge in [-0.3, -0.25) is 0 Å². The van der Waals surface area contributed by atoms with Crippen molar-refractivity contribution < 1.29 is 4.39 Å². The molecule has 17 heavy (non-hydrogen) atoms. The lowest BCUT2D eigenvalue weighted by atomic mass is 9.76. The topological polar surface area (TPSA) is 3.24 Å². The molecular formula is C13H16BrClFN. The second kappa shape index (κ2) is 4.43. The lowest BCUT2D eigenvalue weighted by Gasteiger charge is -2.48. The van der Waals surface area contributed by atoms with Crippen molar-refractivity contribution in [1.29, 1.82) is 0 Å². The molecular weight excluding hydrogens is 305 g/mol. The molecule has 0 atom stereocenters. The smallest absolute Gasteiger partial charge is 0.125 e. The molecule has 1 aromatic carbocycles. The van der Waals surface area contributed by atoms with Crippen molar-refractivity contribution in [2.45, 2.75) is 20.8 Å². The van der Waals surface area contributed by atoms with Gasteiger partial charge in [-0.1, -0.05) is 32.4 Å². The van der Waals surface area contributed by atoms with Gasteiger partial charge in [0.05, 0.1) is 10.7 Å². The van der Waals surface area contributed by atoms with Crippen molar-refractivity contribution in [3.63, 3.8) is 0 Å². The van der Waals surface area contributed by atoms with Gasteiger partial charge < -0.3 is 4.90 Å². The number of hydrogen-bond acceptors (Lipinski definition) is 1. The summed E-state index contributed by atoms with van der Waals surface area (Å²) in [6.45, 7) is 8.70. The first-order valence-electron chi connectivity index (χ1n) is 5.68. The average molecular weight is 321 g/mol. The Morgan fingerprint density at radius 2 is 1.94 bits per heavy atom. The maximum Gasteiger partial charge on any atom is 0.125 e. The van der Waals surface area contributed by atoms with Gasteiger partial charge in [-0.2, -0.15) is 0 Å². The van der Waals surface area contributed by atoms with Gasteiger partial charge >= 0.3 is 0 Å². The van der Waals surface area contributed by atoms with Gasteiger partial charge in [-0.05, 0) is 39.4 Å². The van der Waals surface area contributed by atoms with Crippen LogP contribution in [0.25, 0.3) is 0 Å². The lowest BCUT2D eigenvalue weighted by molar-refractivity contribution is 0.195. The first-order chi connectivity index (χ1) is 7.79. The second-order valence-electron chi connectivity index (χ2n) is 5.69. The van der Waals surface area contributed by atoms with Crippen LogP contribution in [0.15, 0.2) is 16.6 Å². The molecule has 0 saturated carbocycles. The van der Waals surface area contributed by atoms with Crippen molar-refractivity contribution in [3.05, 3.63) is 27.4 Å². The van der Waals surface area contributed by atoms with Crippen molar-refractivity contribution >= 4 is 33.2 Å². The quantitative estimate of drug-likeness (QED) is 0.723. The van der Waals surface area contributed by atoms with Gasteiger partial charge in [0.1, 0.15) is 5.82 Å². The summed E-state index contributed by atoms with van der Waals surface area (Å²) in [5.74, 6) is 0.356. The summed E-state index contributed by atoms with van der Waals surface area (Å²) >= 11 is 9.47. The van der Waals surface area contributed by atoms with Crippen LogP contribution in [0.5, 0.6) is 0 Å². The van der Waals surface area contributed by atoms with Gasteiger partial charge in [0.15, 0.2) is 0 Å². The molecule has 0 amide bonds. The predicted molar refractivity (Wildman–Crippen MR) is 74.3 cm³/mol. The number of benzene rings is 1. The minimum atomic E-state index is -0.307. The highest BCUT2D eigenvalue weighted by Gasteiger charge is 2.37. The number of anilines is 1. The van der Waals surface area contributed by atoms with Crippen LogP contribution >= 0.6 is 27.5 Å². The molecule has 1 aliphatic rings. The lowest BCUT2D eigenvalue weighted by Crippen LogP contribution is -2.52. The van der Waals surface area contributed by atoms with E-state index in [0.29, 0.717) is 16.4 Å². The molecule has 1 nitrogen and oxygen atoms in total. The van der Waals surface area contributed by atoms with E-state index in [1.54, 1.807) is 0 Å². The van der Waals surface area contributed by atoms with E-state index in [0.717, 1.165) is 23.2 Å². The van der Waals surface area contributed by atoms with Crippen LogP contribution in [0, 0.1) is 17.2 Å². The SMILES string of the molecule is CC(C)(C)C1CN(c2c(Cl)cc(F)cc2Br)C1. The summed E-state index contributed by atoms with van der Waals surface area (Å²) in [4.78, 5) is 2.20. The van der Waals surface area contributed by atoms with E-state index in [-0.39, 0.29) is 5.82 Å². The number of hydrogen-bond donors (Lipinski definition) is 0. The van der Waals surface area contributed by atoms with E-state index in [1.807, 2.05) is 0 Å². The monoisotopic (exact) mass is 319 g/mol. The summed E-state index contributed by atoms with van der Waals surface area (Å²) in [7, 11) is 0. The Morgan fingerprint density at radius 3 is 2.41 bits per heavy atom. The Labute approximate surface area is 115 Å². The molecule has 2 rings (SSSR count). The van der Waals surface area contributed by atoms with E-state index in [4.69, 9.17) is 11.6 Å². The Kier molecular flexibility index (Phi) is 3.43. The van der Waals surface area contributed by atoms with E-state index in [2.05, 4.69) is 41.6 Å². The zero-order valence-corrected chi connectivity index (χ0v) is 12.6. The standard InChI is InChI=1S/C13H16BrClFN/c1-13(2,3)8-6-17(7-8)12-10(14)4-9(16)5-11(12)15/h4-5,8H,6-7H2,1-3H3. The summed E-state index contributed by atoms with van der Waals surface area (Å²) in [5.41, 5.74) is 1.23. The highest BCUT2D eigenvalue weighted by atomic mass is 79.9. The van der Waals surface area contributed by atoms with E-state index >= 15 is 0 Å². The fraction of sp³-hybridized carbons (Fsp3) is 0.538. The number of halogens is 3. The molecule has 0 aromatic heterocycles. The molecule has 0 unspecified atom stereocenters. The van der Waals surface area contributed by atoms with Gasteiger partial charge in [0.25, 0.3) is 0 Å².